The second-order valence-corrected chi connectivity index (χ2v) is 5.43. The molecule has 0 unspecified atom stereocenters. The van der Waals surface area contributed by atoms with E-state index in [1.807, 2.05) is 12.1 Å². The molecule has 1 aromatic carbocycles. The van der Waals surface area contributed by atoms with E-state index in [4.69, 9.17) is 14.6 Å². The lowest BCUT2D eigenvalue weighted by atomic mass is 10.1. The van der Waals surface area contributed by atoms with E-state index in [9.17, 15) is 4.79 Å². The summed E-state index contributed by atoms with van der Waals surface area (Å²) in [7, 11) is 1.57. The third kappa shape index (κ3) is 6.21. The van der Waals surface area contributed by atoms with Crippen LogP contribution >= 0.6 is 15.9 Å². The third-order valence-electron chi connectivity index (χ3n) is 2.94. The first-order valence-corrected chi connectivity index (χ1v) is 7.99. The van der Waals surface area contributed by atoms with Gasteiger partial charge in [0.05, 0.1) is 13.7 Å². The van der Waals surface area contributed by atoms with E-state index in [1.165, 1.54) is 0 Å². The van der Waals surface area contributed by atoms with Crippen molar-refractivity contribution >= 4 is 28.0 Å². The number of carboxylic acid groups (broad SMARTS) is 1. The number of rotatable bonds is 9. The monoisotopic (exact) mass is 356 g/mol. The number of carbonyl (C=O) groups is 1. The van der Waals surface area contributed by atoms with Gasteiger partial charge in [-0.2, -0.15) is 0 Å². The van der Waals surface area contributed by atoms with Crippen molar-refractivity contribution in [2.45, 2.75) is 26.2 Å². The highest BCUT2D eigenvalue weighted by atomic mass is 79.9. The number of alkyl halides is 1. The van der Waals surface area contributed by atoms with Gasteiger partial charge in [0.1, 0.15) is 0 Å². The maximum Gasteiger partial charge on any atom is 0.331 e. The van der Waals surface area contributed by atoms with Gasteiger partial charge in [0.2, 0.25) is 0 Å². The minimum Gasteiger partial charge on any atom is -0.493 e. The van der Waals surface area contributed by atoms with Gasteiger partial charge in [-0.1, -0.05) is 22.0 Å². The molecule has 0 atom stereocenters. The molecule has 0 aliphatic carbocycles. The van der Waals surface area contributed by atoms with Crippen LogP contribution in [0.5, 0.6) is 11.5 Å². The molecule has 0 fully saturated rings. The molecule has 0 heterocycles. The first kappa shape index (κ1) is 17.6. The fourth-order valence-corrected chi connectivity index (χ4v) is 2.16. The van der Waals surface area contributed by atoms with Gasteiger partial charge in [0.25, 0.3) is 0 Å². The number of benzene rings is 1. The van der Waals surface area contributed by atoms with Gasteiger partial charge in [-0.05, 0) is 50.0 Å². The molecule has 1 rings (SSSR count). The molecule has 5 heteroatoms. The van der Waals surface area contributed by atoms with Gasteiger partial charge in [-0.25, -0.2) is 4.79 Å². The minimum absolute atomic E-state index is 0.278. The van der Waals surface area contributed by atoms with Crippen molar-refractivity contribution in [1.29, 1.82) is 0 Å². The molecule has 116 valence electrons. The number of hydrogen-bond acceptors (Lipinski definition) is 3. The fourth-order valence-electron chi connectivity index (χ4n) is 1.76. The summed E-state index contributed by atoms with van der Waals surface area (Å²) in [4.78, 5) is 10.8. The average Bonchev–Trinajstić information content (AvgIpc) is 2.47. The number of aliphatic carboxylic acids is 1. The van der Waals surface area contributed by atoms with Gasteiger partial charge in [-0.15, -0.1) is 0 Å². The first-order valence-electron chi connectivity index (χ1n) is 6.87. The van der Waals surface area contributed by atoms with Crippen LogP contribution in [0.25, 0.3) is 6.08 Å². The molecule has 0 spiro atoms. The molecular formula is C16H21BrO4. The fraction of sp³-hybridized carbons (Fsp3) is 0.438. The number of hydrogen-bond donors (Lipinski definition) is 1. The molecule has 4 nitrogen and oxygen atoms in total. The Bertz CT molecular complexity index is 497. The highest BCUT2D eigenvalue weighted by Crippen LogP contribution is 2.29. The molecule has 0 saturated heterocycles. The van der Waals surface area contributed by atoms with Gasteiger partial charge in [0, 0.05) is 10.9 Å². The lowest BCUT2D eigenvalue weighted by molar-refractivity contribution is -0.132. The largest absolute Gasteiger partial charge is 0.493 e. The zero-order valence-electron chi connectivity index (χ0n) is 12.4. The summed E-state index contributed by atoms with van der Waals surface area (Å²) in [5.74, 6) is 0.366. The van der Waals surface area contributed by atoms with Crippen molar-refractivity contribution in [3.05, 3.63) is 29.3 Å². The molecule has 1 N–H and O–H groups in total. The van der Waals surface area contributed by atoms with Crippen LogP contribution in [0.1, 0.15) is 31.7 Å². The van der Waals surface area contributed by atoms with Gasteiger partial charge in [0.15, 0.2) is 11.5 Å². The molecule has 1 aromatic rings. The van der Waals surface area contributed by atoms with Crippen LogP contribution in [0.3, 0.4) is 0 Å². The summed E-state index contributed by atoms with van der Waals surface area (Å²) in [6.07, 6.45) is 4.85. The number of carboxylic acids is 1. The van der Waals surface area contributed by atoms with E-state index in [2.05, 4.69) is 15.9 Å². The predicted octanol–water partition coefficient (Wildman–Crippen LogP) is 4.13. The van der Waals surface area contributed by atoms with Gasteiger partial charge in [-0.3, -0.25) is 0 Å². The Morgan fingerprint density at radius 2 is 2.05 bits per heavy atom. The van der Waals surface area contributed by atoms with Crippen LogP contribution < -0.4 is 9.47 Å². The van der Waals surface area contributed by atoms with Crippen LogP contribution in [0.2, 0.25) is 0 Å². The van der Waals surface area contributed by atoms with Gasteiger partial charge < -0.3 is 14.6 Å². The standard InChI is InChI=1S/C16H21BrO4/c1-12(16(18)19)10-13-6-7-14(15(11-13)20-2)21-9-5-3-4-8-17/h6-7,10-11H,3-5,8-9H2,1-2H3,(H,18,19). The molecule has 0 saturated carbocycles. The Labute approximate surface area is 133 Å². The van der Waals surface area contributed by atoms with Crippen LogP contribution in [0.15, 0.2) is 23.8 Å². The molecule has 21 heavy (non-hydrogen) atoms. The Hall–Kier alpha value is -1.49. The number of halogens is 1. The minimum atomic E-state index is -0.930. The quantitative estimate of drug-likeness (QED) is 0.410. The summed E-state index contributed by atoms with van der Waals surface area (Å²) in [6.45, 7) is 2.20. The second-order valence-electron chi connectivity index (χ2n) is 4.64. The number of methoxy groups -OCH3 is 1. The van der Waals surface area contributed by atoms with E-state index in [0.717, 1.165) is 30.2 Å². The summed E-state index contributed by atoms with van der Waals surface area (Å²) in [5.41, 5.74) is 1.05. The van der Waals surface area contributed by atoms with Gasteiger partial charge >= 0.3 is 5.97 Å². The maximum absolute atomic E-state index is 10.8. The Kier molecular flexibility index (Phi) is 7.90. The Morgan fingerprint density at radius 3 is 2.67 bits per heavy atom. The normalized spacial score (nSPS) is 11.3. The van der Waals surface area contributed by atoms with E-state index in [-0.39, 0.29) is 5.57 Å². The van der Waals surface area contributed by atoms with Crippen molar-refractivity contribution in [1.82, 2.24) is 0 Å². The summed E-state index contributed by atoms with van der Waals surface area (Å²) >= 11 is 3.40. The van der Waals surface area contributed by atoms with Crippen LogP contribution in [0.4, 0.5) is 0 Å². The Balaban J connectivity index is 2.70. The molecule has 0 amide bonds. The van der Waals surface area contributed by atoms with E-state index in [0.29, 0.717) is 18.1 Å². The predicted molar refractivity (Wildman–Crippen MR) is 87.4 cm³/mol. The molecule has 0 aliphatic rings. The lowest BCUT2D eigenvalue weighted by Crippen LogP contribution is -2.00. The van der Waals surface area contributed by atoms with Crippen molar-refractivity contribution in [3.63, 3.8) is 0 Å². The second kappa shape index (κ2) is 9.45. The maximum atomic E-state index is 10.8. The van der Waals surface area contributed by atoms with E-state index >= 15 is 0 Å². The van der Waals surface area contributed by atoms with Crippen molar-refractivity contribution in [2.24, 2.45) is 0 Å². The van der Waals surface area contributed by atoms with E-state index < -0.39 is 5.97 Å². The average molecular weight is 357 g/mol. The van der Waals surface area contributed by atoms with Crippen LogP contribution in [0, 0.1) is 0 Å². The van der Waals surface area contributed by atoms with Crippen LogP contribution in [-0.2, 0) is 4.79 Å². The highest BCUT2D eigenvalue weighted by molar-refractivity contribution is 9.09. The number of ether oxygens (including phenoxy) is 2. The SMILES string of the molecule is COc1cc(C=C(C)C(=O)O)ccc1OCCCCCBr. The Morgan fingerprint density at radius 1 is 1.29 bits per heavy atom. The molecule has 0 bridgehead atoms. The number of unbranched alkanes of at least 4 members (excludes halogenated alkanes) is 2. The van der Waals surface area contributed by atoms with Crippen molar-refractivity contribution < 1.29 is 19.4 Å². The van der Waals surface area contributed by atoms with Crippen molar-refractivity contribution in [2.75, 3.05) is 19.0 Å². The zero-order valence-corrected chi connectivity index (χ0v) is 14.0. The molecular weight excluding hydrogens is 336 g/mol. The highest BCUT2D eigenvalue weighted by Gasteiger charge is 2.06. The van der Waals surface area contributed by atoms with E-state index in [1.54, 1.807) is 26.2 Å². The van der Waals surface area contributed by atoms with Crippen molar-refractivity contribution in [3.8, 4) is 11.5 Å². The summed E-state index contributed by atoms with van der Waals surface area (Å²) < 4.78 is 11.0. The first-order chi connectivity index (χ1) is 10.1. The summed E-state index contributed by atoms with van der Waals surface area (Å²) in [5, 5.41) is 9.90. The smallest absolute Gasteiger partial charge is 0.331 e. The third-order valence-corrected chi connectivity index (χ3v) is 3.50. The lowest BCUT2D eigenvalue weighted by Gasteiger charge is -2.11. The topological polar surface area (TPSA) is 55.8 Å². The van der Waals surface area contributed by atoms with Crippen LogP contribution in [-0.4, -0.2) is 30.1 Å². The molecule has 0 radical (unpaired) electrons. The zero-order chi connectivity index (χ0) is 15.7. The summed E-state index contributed by atoms with van der Waals surface area (Å²) in [6, 6.07) is 5.41. The molecule has 0 aromatic heterocycles. The molecule has 0 aliphatic heterocycles.